The molecule has 6 heteroatoms. The Morgan fingerprint density at radius 3 is 1.75 bits per heavy atom. The van der Waals surface area contributed by atoms with Gasteiger partial charge in [-0.2, -0.15) is 0 Å². The van der Waals surface area contributed by atoms with Gasteiger partial charge >= 0.3 is 0 Å². The maximum atomic E-state index is 6.38. The van der Waals surface area contributed by atoms with Crippen molar-refractivity contribution < 1.29 is 4.42 Å². The predicted octanol–water partition coefficient (Wildman–Crippen LogP) is 9.05. The first-order valence-corrected chi connectivity index (χ1v) is 13.8. The topological polar surface area (TPSA) is 64.7 Å². The monoisotopic (exact) mass is 532 g/mol. The second kappa shape index (κ2) is 9.22. The van der Waals surface area contributed by atoms with Gasteiger partial charge in [-0.1, -0.05) is 103 Å². The Labute approximate surface area is 233 Å². The number of hydrogen-bond acceptors (Lipinski definition) is 6. The van der Waals surface area contributed by atoms with Gasteiger partial charge in [0.15, 0.2) is 17.5 Å². The highest BCUT2D eigenvalue weighted by atomic mass is 32.1. The first-order valence-electron chi connectivity index (χ1n) is 13.0. The van der Waals surface area contributed by atoms with Crippen LogP contribution in [0.15, 0.2) is 126 Å². The molecule has 8 rings (SSSR count). The summed E-state index contributed by atoms with van der Waals surface area (Å²) in [5.74, 6) is 1.86. The predicted molar refractivity (Wildman–Crippen MR) is 162 cm³/mol. The minimum atomic E-state index is 0.601. The lowest BCUT2D eigenvalue weighted by atomic mass is 10.0. The van der Waals surface area contributed by atoms with Crippen molar-refractivity contribution in [2.75, 3.05) is 0 Å². The summed E-state index contributed by atoms with van der Waals surface area (Å²) in [4.78, 5) is 19.7. The second-order valence-electron chi connectivity index (χ2n) is 9.52. The van der Waals surface area contributed by atoms with Gasteiger partial charge in [-0.25, -0.2) is 19.9 Å². The van der Waals surface area contributed by atoms with Crippen molar-refractivity contribution in [2.24, 2.45) is 0 Å². The quantitative estimate of drug-likeness (QED) is 0.226. The number of benzene rings is 5. The van der Waals surface area contributed by atoms with Crippen LogP contribution in [0.4, 0.5) is 0 Å². The molecular weight excluding hydrogens is 512 g/mol. The Morgan fingerprint density at radius 2 is 1.10 bits per heavy atom. The van der Waals surface area contributed by atoms with Crippen molar-refractivity contribution in [3.05, 3.63) is 121 Å². The molecule has 188 valence electrons. The van der Waals surface area contributed by atoms with Gasteiger partial charge in [0.1, 0.15) is 16.2 Å². The Kier molecular flexibility index (Phi) is 5.24. The van der Waals surface area contributed by atoms with E-state index in [9.17, 15) is 0 Å². The van der Waals surface area contributed by atoms with Crippen LogP contribution in [0.2, 0.25) is 0 Å². The third kappa shape index (κ3) is 3.85. The molecule has 0 saturated carbocycles. The molecule has 40 heavy (non-hydrogen) atoms. The van der Waals surface area contributed by atoms with Crippen molar-refractivity contribution in [3.8, 4) is 44.7 Å². The molecule has 0 amide bonds. The zero-order chi connectivity index (χ0) is 26.5. The SMILES string of the molecule is c1ccc(-c2nc(-c3ccccc3)nc(-c3cccc4oc5cc6sc(-c7ccccc7)nc6cc5c34)n2)cc1. The van der Waals surface area contributed by atoms with Gasteiger partial charge in [-0.3, -0.25) is 0 Å². The summed E-state index contributed by atoms with van der Waals surface area (Å²) in [6.45, 7) is 0. The van der Waals surface area contributed by atoms with Gasteiger partial charge in [0.05, 0.1) is 10.2 Å². The van der Waals surface area contributed by atoms with Gasteiger partial charge in [0, 0.05) is 39.1 Å². The van der Waals surface area contributed by atoms with Crippen LogP contribution in [-0.4, -0.2) is 19.9 Å². The Morgan fingerprint density at radius 1 is 0.500 bits per heavy atom. The highest BCUT2D eigenvalue weighted by molar-refractivity contribution is 7.21. The number of thiazole rings is 1. The summed E-state index contributed by atoms with van der Waals surface area (Å²) < 4.78 is 7.46. The van der Waals surface area contributed by atoms with Crippen LogP contribution < -0.4 is 0 Å². The van der Waals surface area contributed by atoms with Gasteiger partial charge in [-0.15, -0.1) is 11.3 Å². The van der Waals surface area contributed by atoms with Crippen LogP contribution in [0.25, 0.3) is 76.9 Å². The van der Waals surface area contributed by atoms with Crippen LogP contribution in [0.1, 0.15) is 0 Å². The first-order chi connectivity index (χ1) is 19.8. The highest BCUT2D eigenvalue weighted by Crippen LogP contribution is 2.40. The fourth-order valence-electron chi connectivity index (χ4n) is 5.07. The van der Waals surface area contributed by atoms with E-state index in [4.69, 9.17) is 24.4 Å². The molecule has 0 saturated heterocycles. The number of aromatic nitrogens is 4. The van der Waals surface area contributed by atoms with Crippen LogP contribution in [0.3, 0.4) is 0 Å². The summed E-state index contributed by atoms with van der Waals surface area (Å²) in [7, 11) is 0. The largest absolute Gasteiger partial charge is 0.456 e. The van der Waals surface area contributed by atoms with Crippen LogP contribution in [0.5, 0.6) is 0 Å². The molecule has 0 spiro atoms. The Hall–Kier alpha value is -5.20. The van der Waals surface area contributed by atoms with Gasteiger partial charge in [-0.05, 0) is 12.1 Å². The Bertz CT molecular complexity index is 2100. The lowest BCUT2D eigenvalue weighted by Crippen LogP contribution is -2.00. The van der Waals surface area contributed by atoms with E-state index < -0.39 is 0 Å². The minimum Gasteiger partial charge on any atom is -0.456 e. The maximum absolute atomic E-state index is 6.38. The van der Waals surface area contributed by atoms with E-state index in [1.807, 2.05) is 91.0 Å². The van der Waals surface area contributed by atoms with E-state index in [-0.39, 0.29) is 0 Å². The van der Waals surface area contributed by atoms with E-state index in [1.165, 1.54) is 0 Å². The van der Waals surface area contributed by atoms with Crippen molar-refractivity contribution in [1.82, 2.24) is 19.9 Å². The summed E-state index contributed by atoms with van der Waals surface area (Å²) in [5.41, 5.74) is 6.42. The third-order valence-corrected chi connectivity index (χ3v) is 8.03. The average molecular weight is 533 g/mol. The lowest BCUT2D eigenvalue weighted by Gasteiger charge is -2.09. The molecule has 0 unspecified atom stereocenters. The maximum Gasteiger partial charge on any atom is 0.164 e. The smallest absolute Gasteiger partial charge is 0.164 e. The van der Waals surface area contributed by atoms with Crippen molar-refractivity contribution in [1.29, 1.82) is 0 Å². The zero-order valence-electron chi connectivity index (χ0n) is 21.2. The van der Waals surface area contributed by atoms with Crippen LogP contribution in [0, 0.1) is 0 Å². The Balaban J connectivity index is 1.36. The van der Waals surface area contributed by atoms with Gasteiger partial charge < -0.3 is 4.42 Å². The van der Waals surface area contributed by atoms with Crippen LogP contribution in [-0.2, 0) is 0 Å². The second-order valence-corrected chi connectivity index (χ2v) is 10.6. The molecule has 0 N–H and O–H groups in total. The summed E-state index contributed by atoms with van der Waals surface area (Å²) >= 11 is 1.67. The van der Waals surface area contributed by atoms with Crippen molar-refractivity contribution >= 4 is 43.5 Å². The zero-order valence-corrected chi connectivity index (χ0v) is 22.0. The van der Waals surface area contributed by atoms with Crippen molar-refractivity contribution in [3.63, 3.8) is 0 Å². The molecule has 3 heterocycles. The number of furan rings is 1. The fraction of sp³-hybridized carbons (Fsp3) is 0. The molecule has 5 aromatic carbocycles. The molecule has 5 nitrogen and oxygen atoms in total. The molecule has 3 aromatic heterocycles. The third-order valence-electron chi connectivity index (χ3n) is 6.97. The molecule has 8 aromatic rings. The number of fused-ring (bicyclic) bond motifs is 4. The average Bonchev–Trinajstić information content (AvgIpc) is 3.61. The van der Waals surface area contributed by atoms with E-state index in [1.54, 1.807) is 11.3 Å². The summed E-state index contributed by atoms with van der Waals surface area (Å²) in [6, 6.07) is 40.6. The lowest BCUT2D eigenvalue weighted by molar-refractivity contribution is 0.669. The van der Waals surface area contributed by atoms with Gasteiger partial charge in [0.25, 0.3) is 0 Å². The molecule has 0 aliphatic carbocycles. The summed E-state index contributed by atoms with van der Waals surface area (Å²) in [5, 5.41) is 2.95. The molecule has 0 aliphatic rings. The van der Waals surface area contributed by atoms with Gasteiger partial charge in [0.2, 0.25) is 0 Å². The van der Waals surface area contributed by atoms with Crippen molar-refractivity contribution in [2.45, 2.75) is 0 Å². The highest BCUT2D eigenvalue weighted by Gasteiger charge is 2.19. The van der Waals surface area contributed by atoms with E-state index in [2.05, 4.69) is 30.3 Å². The van der Waals surface area contributed by atoms with Crippen LogP contribution >= 0.6 is 11.3 Å². The van der Waals surface area contributed by atoms with E-state index in [0.717, 1.165) is 59.4 Å². The molecule has 0 aliphatic heterocycles. The number of nitrogens with zero attached hydrogens (tertiary/aromatic N) is 4. The minimum absolute atomic E-state index is 0.601. The first kappa shape index (κ1) is 22.8. The normalized spacial score (nSPS) is 11.5. The molecule has 0 atom stereocenters. The molecule has 0 bridgehead atoms. The number of hydrogen-bond donors (Lipinski definition) is 0. The number of rotatable bonds is 4. The molecular formula is C34H20N4OS. The fourth-order valence-corrected chi connectivity index (χ4v) is 6.05. The molecule has 0 radical (unpaired) electrons. The van der Waals surface area contributed by atoms with E-state index in [0.29, 0.717) is 17.5 Å². The molecule has 0 fully saturated rings. The standard InChI is InChI=1S/C34H20N4OS/c1-4-11-21(12-5-1)31-36-32(22-13-6-2-7-14-22)38-33(37-31)24-17-10-18-27-30(24)25-19-26-29(20-28(25)39-27)40-34(35-26)23-15-8-3-9-16-23/h1-20H. The van der Waals surface area contributed by atoms with E-state index >= 15 is 0 Å². The summed E-state index contributed by atoms with van der Waals surface area (Å²) in [6.07, 6.45) is 0.